The lowest BCUT2D eigenvalue weighted by atomic mass is 10.2. The van der Waals surface area contributed by atoms with Gasteiger partial charge in [0.15, 0.2) is 4.80 Å². The van der Waals surface area contributed by atoms with E-state index in [9.17, 15) is 0 Å². The average Bonchev–Trinajstić information content (AvgIpc) is 2.73. The number of hydrogen-bond acceptors (Lipinski definition) is 2. The number of hydrogen-bond donors (Lipinski definition) is 0. The van der Waals surface area contributed by atoms with Crippen LogP contribution in [0.4, 0.5) is 0 Å². The van der Waals surface area contributed by atoms with Gasteiger partial charge in [-0.15, -0.1) is 11.3 Å². The van der Waals surface area contributed by atoms with Crippen LogP contribution in [0.1, 0.15) is 13.8 Å². The lowest BCUT2D eigenvalue weighted by molar-refractivity contribution is 0.735. The minimum Gasteiger partial charge on any atom is -0.317 e. The second kappa shape index (κ2) is 5.12. The Balaban J connectivity index is 2.55. The zero-order valence-corrected chi connectivity index (χ0v) is 10.5. The molecule has 0 unspecified atom stereocenters. The van der Waals surface area contributed by atoms with Crippen LogP contribution in [0.2, 0.25) is 0 Å². The van der Waals surface area contributed by atoms with Crippen LogP contribution in [0.3, 0.4) is 0 Å². The molecule has 0 atom stereocenters. The van der Waals surface area contributed by atoms with Crippen molar-refractivity contribution in [3.63, 3.8) is 0 Å². The maximum atomic E-state index is 4.51. The van der Waals surface area contributed by atoms with E-state index in [2.05, 4.69) is 53.1 Å². The Hall–Kier alpha value is -1.35. The van der Waals surface area contributed by atoms with Crippen molar-refractivity contribution in [3.8, 4) is 11.3 Å². The maximum absolute atomic E-state index is 4.51. The lowest BCUT2D eigenvalue weighted by Gasteiger charge is -2.05. The van der Waals surface area contributed by atoms with Crippen LogP contribution in [0.15, 0.2) is 40.7 Å². The normalized spacial score (nSPS) is 12.0. The predicted molar refractivity (Wildman–Crippen MR) is 69.5 cm³/mol. The summed E-state index contributed by atoms with van der Waals surface area (Å²) in [5, 5.41) is 2.19. The Labute approximate surface area is 99.9 Å². The van der Waals surface area contributed by atoms with Crippen molar-refractivity contribution >= 4 is 11.3 Å². The summed E-state index contributed by atoms with van der Waals surface area (Å²) in [6.07, 6.45) is 0. The summed E-state index contributed by atoms with van der Waals surface area (Å²) in [7, 11) is 0. The van der Waals surface area contributed by atoms with E-state index in [1.807, 2.05) is 6.07 Å². The summed E-state index contributed by atoms with van der Waals surface area (Å²) in [5.41, 5.74) is 2.53. The molecule has 0 fully saturated rings. The zero-order valence-electron chi connectivity index (χ0n) is 9.68. The molecule has 1 heterocycles. The molecule has 3 heteroatoms. The second-order valence-corrected chi connectivity index (χ2v) is 4.32. The van der Waals surface area contributed by atoms with Gasteiger partial charge in [0.05, 0.1) is 5.69 Å². The van der Waals surface area contributed by atoms with Gasteiger partial charge < -0.3 is 4.57 Å². The van der Waals surface area contributed by atoms with Crippen LogP contribution >= 0.6 is 11.3 Å². The molecule has 0 amide bonds. The first kappa shape index (κ1) is 11.1. The van der Waals surface area contributed by atoms with E-state index in [-0.39, 0.29) is 0 Å². The topological polar surface area (TPSA) is 17.3 Å². The highest BCUT2D eigenvalue weighted by Gasteiger charge is 2.04. The molecule has 0 radical (unpaired) electrons. The first-order valence-electron chi connectivity index (χ1n) is 5.61. The summed E-state index contributed by atoms with van der Waals surface area (Å²) in [6, 6.07) is 10.5. The zero-order chi connectivity index (χ0) is 11.4. The quantitative estimate of drug-likeness (QED) is 0.773. The molecule has 1 aromatic heterocycles. The van der Waals surface area contributed by atoms with Crippen LogP contribution < -0.4 is 4.80 Å². The van der Waals surface area contributed by atoms with Crippen molar-refractivity contribution < 1.29 is 0 Å². The molecule has 2 aromatic rings. The van der Waals surface area contributed by atoms with Crippen molar-refractivity contribution in [2.45, 2.75) is 20.4 Å². The van der Waals surface area contributed by atoms with Crippen molar-refractivity contribution in [1.29, 1.82) is 0 Å². The second-order valence-electron chi connectivity index (χ2n) is 3.49. The number of benzene rings is 1. The van der Waals surface area contributed by atoms with Gasteiger partial charge in [-0.2, -0.15) is 0 Å². The van der Waals surface area contributed by atoms with E-state index in [4.69, 9.17) is 0 Å². The van der Waals surface area contributed by atoms with E-state index in [1.54, 1.807) is 11.3 Å². The number of thiazole rings is 1. The molecule has 0 N–H and O–H groups in total. The van der Waals surface area contributed by atoms with Crippen molar-refractivity contribution in [1.82, 2.24) is 4.57 Å². The van der Waals surface area contributed by atoms with Crippen LogP contribution in [0, 0.1) is 0 Å². The summed E-state index contributed by atoms with van der Waals surface area (Å²) < 4.78 is 2.27. The largest absolute Gasteiger partial charge is 0.317 e. The van der Waals surface area contributed by atoms with Gasteiger partial charge in [-0.3, -0.25) is 4.99 Å². The van der Waals surface area contributed by atoms with Crippen LogP contribution in [0.5, 0.6) is 0 Å². The highest BCUT2D eigenvalue weighted by molar-refractivity contribution is 7.07. The van der Waals surface area contributed by atoms with Gasteiger partial charge in [0.25, 0.3) is 0 Å². The molecular formula is C13H16N2S. The third kappa shape index (κ3) is 2.09. The molecule has 0 saturated carbocycles. The van der Waals surface area contributed by atoms with Crippen molar-refractivity contribution in [2.75, 3.05) is 6.54 Å². The van der Waals surface area contributed by atoms with Crippen molar-refractivity contribution in [3.05, 3.63) is 40.5 Å². The molecular weight excluding hydrogens is 216 g/mol. The molecule has 2 rings (SSSR count). The van der Waals surface area contributed by atoms with Crippen molar-refractivity contribution in [2.24, 2.45) is 4.99 Å². The molecule has 0 aliphatic rings. The van der Waals surface area contributed by atoms with Crippen LogP contribution in [-0.2, 0) is 6.54 Å². The van der Waals surface area contributed by atoms with Gasteiger partial charge in [-0.05, 0) is 19.4 Å². The third-order valence-electron chi connectivity index (χ3n) is 2.48. The highest BCUT2D eigenvalue weighted by atomic mass is 32.1. The fourth-order valence-corrected chi connectivity index (χ4v) is 2.77. The van der Waals surface area contributed by atoms with E-state index in [0.717, 1.165) is 17.9 Å². The molecule has 0 bridgehead atoms. The molecule has 84 valence electrons. The van der Waals surface area contributed by atoms with Gasteiger partial charge in [-0.1, -0.05) is 30.3 Å². The number of aromatic nitrogens is 1. The Morgan fingerprint density at radius 3 is 2.56 bits per heavy atom. The first-order valence-corrected chi connectivity index (χ1v) is 6.49. The molecule has 1 aromatic carbocycles. The molecule has 0 saturated heterocycles. The van der Waals surface area contributed by atoms with Gasteiger partial charge in [-0.25, -0.2) is 0 Å². The van der Waals surface area contributed by atoms with Gasteiger partial charge >= 0.3 is 0 Å². The van der Waals surface area contributed by atoms with E-state index < -0.39 is 0 Å². The average molecular weight is 232 g/mol. The van der Waals surface area contributed by atoms with Gasteiger partial charge in [0, 0.05) is 18.5 Å². The standard InChI is InChI=1S/C13H16N2S/c1-3-14-13-15(4-2)12(10-16-13)11-8-6-5-7-9-11/h5-10H,3-4H2,1-2H3. The molecule has 0 aliphatic carbocycles. The monoisotopic (exact) mass is 232 g/mol. The predicted octanol–water partition coefficient (Wildman–Crippen LogP) is 3.16. The van der Waals surface area contributed by atoms with Gasteiger partial charge in [0.2, 0.25) is 0 Å². The van der Waals surface area contributed by atoms with E-state index in [0.29, 0.717) is 0 Å². The Bertz CT molecular complexity index is 508. The lowest BCUT2D eigenvalue weighted by Crippen LogP contribution is -2.14. The third-order valence-corrected chi connectivity index (χ3v) is 3.38. The molecule has 0 aliphatic heterocycles. The molecule has 0 spiro atoms. The minimum atomic E-state index is 0.842. The van der Waals surface area contributed by atoms with Crippen LogP contribution in [0.25, 0.3) is 11.3 Å². The molecule has 2 nitrogen and oxygen atoms in total. The summed E-state index contributed by atoms with van der Waals surface area (Å²) in [6.45, 7) is 6.04. The smallest absolute Gasteiger partial charge is 0.185 e. The van der Waals surface area contributed by atoms with E-state index in [1.165, 1.54) is 11.3 Å². The summed E-state index contributed by atoms with van der Waals surface area (Å²) in [5.74, 6) is 0. The Kier molecular flexibility index (Phi) is 3.57. The Morgan fingerprint density at radius 1 is 1.19 bits per heavy atom. The Morgan fingerprint density at radius 2 is 1.94 bits per heavy atom. The van der Waals surface area contributed by atoms with Crippen LogP contribution in [-0.4, -0.2) is 11.1 Å². The van der Waals surface area contributed by atoms with Gasteiger partial charge in [0.1, 0.15) is 0 Å². The SMILES string of the molecule is CCN=c1scc(-c2ccccc2)n1CC. The number of rotatable bonds is 3. The summed E-state index contributed by atoms with van der Waals surface area (Å²) in [4.78, 5) is 5.62. The van der Waals surface area contributed by atoms with E-state index >= 15 is 0 Å². The number of nitrogens with zero attached hydrogens (tertiary/aromatic N) is 2. The fourth-order valence-electron chi connectivity index (χ4n) is 1.74. The minimum absolute atomic E-state index is 0.842. The fraction of sp³-hybridized carbons (Fsp3) is 0.308. The maximum Gasteiger partial charge on any atom is 0.185 e. The summed E-state index contributed by atoms with van der Waals surface area (Å²) >= 11 is 1.72. The molecule has 16 heavy (non-hydrogen) atoms. The highest BCUT2D eigenvalue weighted by Crippen LogP contribution is 2.19. The first-order chi connectivity index (χ1) is 7.86.